The van der Waals surface area contributed by atoms with Gasteiger partial charge in [-0.2, -0.15) is 0 Å². The number of rotatable bonds is 9. The second kappa shape index (κ2) is 11.7. The third-order valence-electron chi connectivity index (χ3n) is 5.94. The largest absolute Gasteiger partial charge is 0.497 e. The van der Waals surface area contributed by atoms with E-state index in [0.29, 0.717) is 33.5 Å². The third kappa shape index (κ3) is 6.30. The molecule has 1 aromatic heterocycles. The molecule has 0 saturated heterocycles. The van der Waals surface area contributed by atoms with Crippen LogP contribution in [0.1, 0.15) is 51.5 Å². The van der Waals surface area contributed by atoms with Crippen molar-refractivity contribution in [1.29, 1.82) is 0 Å². The number of nitrogens with one attached hydrogen (secondary N) is 2. The minimum absolute atomic E-state index is 0.154. The van der Waals surface area contributed by atoms with Crippen molar-refractivity contribution in [1.82, 2.24) is 15.6 Å². The summed E-state index contributed by atoms with van der Waals surface area (Å²) < 4.78 is 16.3. The molecule has 0 bridgehead atoms. The lowest BCUT2D eigenvalue weighted by Gasteiger charge is -2.32. The number of ether oxygens (including phenoxy) is 3. The fraction of sp³-hybridized carbons (Fsp3) is 0.346. The monoisotopic (exact) mass is 495 g/mol. The molecule has 3 aromatic rings. The molecule has 184 valence electrons. The van der Waals surface area contributed by atoms with Crippen LogP contribution >= 0.6 is 11.3 Å². The van der Waals surface area contributed by atoms with E-state index in [1.807, 2.05) is 24.3 Å². The zero-order valence-corrected chi connectivity index (χ0v) is 20.6. The number of thiazole rings is 1. The summed E-state index contributed by atoms with van der Waals surface area (Å²) in [5.74, 6) is 1.45. The van der Waals surface area contributed by atoms with Crippen LogP contribution in [0.5, 0.6) is 17.2 Å². The van der Waals surface area contributed by atoms with E-state index in [2.05, 4.69) is 15.6 Å². The van der Waals surface area contributed by atoms with E-state index in [1.165, 1.54) is 11.3 Å². The van der Waals surface area contributed by atoms with Gasteiger partial charge < -0.3 is 24.8 Å². The molecule has 1 aliphatic rings. The Bertz CT molecular complexity index is 1170. The molecule has 4 rings (SSSR count). The van der Waals surface area contributed by atoms with Crippen molar-refractivity contribution in [2.75, 3.05) is 14.2 Å². The molecule has 9 heteroatoms. The van der Waals surface area contributed by atoms with Crippen LogP contribution in [0.25, 0.3) is 0 Å². The highest BCUT2D eigenvalue weighted by Gasteiger charge is 2.29. The van der Waals surface area contributed by atoms with Crippen LogP contribution in [0.2, 0.25) is 0 Å². The molecule has 1 fully saturated rings. The summed E-state index contributed by atoms with van der Waals surface area (Å²) in [6.07, 6.45) is 3.58. The highest BCUT2D eigenvalue weighted by molar-refractivity contribution is 7.09. The molecule has 2 atom stereocenters. The van der Waals surface area contributed by atoms with Gasteiger partial charge in [-0.3, -0.25) is 9.59 Å². The van der Waals surface area contributed by atoms with Crippen molar-refractivity contribution in [2.45, 2.75) is 44.4 Å². The second-order valence-corrected chi connectivity index (χ2v) is 9.18. The number of benzene rings is 2. The Kier molecular flexibility index (Phi) is 8.20. The first kappa shape index (κ1) is 24.5. The first-order valence-electron chi connectivity index (χ1n) is 11.5. The maximum absolute atomic E-state index is 12.9. The Morgan fingerprint density at radius 3 is 2.37 bits per heavy atom. The van der Waals surface area contributed by atoms with Crippen molar-refractivity contribution >= 4 is 23.2 Å². The molecule has 0 unspecified atom stereocenters. The predicted octanol–water partition coefficient (Wildman–Crippen LogP) is 4.21. The topological polar surface area (TPSA) is 98.8 Å². The zero-order chi connectivity index (χ0) is 24.6. The van der Waals surface area contributed by atoms with E-state index in [-0.39, 0.29) is 30.5 Å². The summed E-state index contributed by atoms with van der Waals surface area (Å²) in [5.41, 5.74) is 0.872. The molecule has 1 heterocycles. The summed E-state index contributed by atoms with van der Waals surface area (Å²) in [5, 5.41) is 8.58. The highest BCUT2D eigenvalue weighted by Crippen LogP contribution is 2.27. The quantitative estimate of drug-likeness (QED) is 0.461. The minimum Gasteiger partial charge on any atom is -0.497 e. The van der Waals surface area contributed by atoms with Crippen molar-refractivity contribution in [3.8, 4) is 17.2 Å². The van der Waals surface area contributed by atoms with E-state index in [4.69, 9.17) is 14.2 Å². The number of aromatic nitrogens is 1. The molecule has 0 spiro atoms. The lowest BCUT2D eigenvalue weighted by molar-refractivity contribution is 0.0860. The van der Waals surface area contributed by atoms with E-state index in [0.717, 1.165) is 25.7 Å². The van der Waals surface area contributed by atoms with Gasteiger partial charge in [0.1, 0.15) is 23.1 Å². The van der Waals surface area contributed by atoms with Gasteiger partial charge in [-0.05, 0) is 43.2 Å². The lowest BCUT2D eigenvalue weighted by atomic mass is 9.90. The number of hydrogen-bond acceptors (Lipinski definition) is 7. The van der Waals surface area contributed by atoms with Gasteiger partial charge in [-0.25, -0.2) is 4.98 Å². The van der Waals surface area contributed by atoms with Crippen LogP contribution in [0.4, 0.5) is 0 Å². The fourth-order valence-corrected chi connectivity index (χ4v) is 4.78. The summed E-state index contributed by atoms with van der Waals surface area (Å²) in [7, 11) is 3.16. The molecule has 1 aliphatic carbocycles. The van der Waals surface area contributed by atoms with Crippen molar-refractivity contribution < 1.29 is 23.8 Å². The van der Waals surface area contributed by atoms with Gasteiger partial charge in [0.25, 0.3) is 11.8 Å². The van der Waals surface area contributed by atoms with Crippen LogP contribution in [-0.4, -0.2) is 43.1 Å². The number of nitrogens with zero attached hydrogens (tertiary/aromatic N) is 1. The maximum atomic E-state index is 12.9. The molecule has 0 aliphatic heterocycles. The van der Waals surface area contributed by atoms with E-state index in [9.17, 15) is 9.59 Å². The standard InChI is InChI=1S/C26H29N3O5S/c1-32-18-9-7-8-17(14-18)25(30)28-19-10-3-4-11-20(19)29-26(31)21-16-35-24(27-21)15-34-23-13-6-5-12-22(23)33-2/h5-9,12-14,16,19-20H,3-4,10-11,15H2,1-2H3,(H,28,30)(H,29,31)/t19-,20+/m0/s1. The van der Waals surface area contributed by atoms with E-state index >= 15 is 0 Å². The van der Waals surface area contributed by atoms with Gasteiger partial charge >= 0.3 is 0 Å². The smallest absolute Gasteiger partial charge is 0.271 e. The minimum atomic E-state index is -0.252. The molecule has 2 N–H and O–H groups in total. The number of carbonyl (C=O) groups is 2. The maximum Gasteiger partial charge on any atom is 0.271 e. The molecule has 0 radical (unpaired) electrons. The Morgan fingerprint density at radius 2 is 1.66 bits per heavy atom. The van der Waals surface area contributed by atoms with Crippen LogP contribution in [0, 0.1) is 0 Å². The van der Waals surface area contributed by atoms with Crippen molar-refractivity contribution in [2.24, 2.45) is 0 Å². The summed E-state index contributed by atoms with van der Waals surface area (Å²) >= 11 is 1.37. The summed E-state index contributed by atoms with van der Waals surface area (Å²) in [6.45, 7) is 0.237. The summed E-state index contributed by atoms with van der Waals surface area (Å²) in [6, 6.07) is 14.1. The number of methoxy groups -OCH3 is 2. The van der Waals surface area contributed by atoms with Crippen LogP contribution in [-0.2, 0) is 6.61 Å². The highest BCUT2D eigenvalue weighted by atomic mass is 32.1. The number of para-hydroxylation sites is 2. The Morgan fingerprint density at radius 1 is 0.943 bits per heavy atom. The fourth-order valence-electron chi connectivity index (χ4n) is 4.09. The van der Waals surface area contributed by atoms with Crippen molar-refractivity contribution in [3.63, 3.8) is 0 Å². The summed E-state index contributed by atoms with van der Waals surface area (Å²) in [4.78, 5) is 30.2. The van der Waals surface area contributed by atoms with Gasteiger partial charge in [0.15, 0.2) is 11.5 Å². The number of carbonyl (C=O) groups excluding carboxylic acids is 2. The van der Waals surface area contributed by atoms with Crippen LogP contribution in [0.3, 0.4) is 0 Å². The van der Waals surface area contributed by atoms with E-state index < -0.39 is 0 Å². The molecular weight excluding hydrogens is 466 g/mol. The van der Waals surface area contributed by atoms with E-state index in [1.54, 1.807) is 43.9 Å². The number of amides is 2. The van der Waals surface area contributed by atoms with Gasteiger partial charge in [0.05, 0.1) is 14.2 Å². The molecule has 1 saturated carbocycles. The molecule has 8 nitrogen and oxygen atoms in total. The Labute approximate surface area is 208 Å². The van der Waals surface area contributed by atoms with Gasteiger partial charge in [0, 0.05) is 23.0 Å². The number of hydrogen-bond donors (Lipinski definition) is 2. The first-order valence-corrected chi connectivity index (χ1v) is 12.4. The molecular formula is C26H29N3O5S. The normalized spacial score (nSPS) is 17.3. The first-order chi connectivity index (χ1) is 17.1. The average molecular weight is 496 g/mol. The lowest BCUT2D eigenvalue weighted by Crippen LogP contribution is -2.53. The second-order valence-electron chi connectivity index (χ2n) is 8.24. The Hall–Kier alpha value is -3.59. The van der Waals surface area contributed by atoms with Crippen LogP contribution in [0.15, 0.2) is 53.9 Å². The van der Waals surface area contributed by atoms with Gasteiger partial charge in [0.2, 0.25) is 0 Å². The average Bonchev–Trinajstić information content (AvgIpc) is 3.38. The van der Waals surface area contributed by atoms with Gasteiger partial charge in [-0.15, -0.1) is 11.3 Å². The Balaban J connectivity index is 1.35. The third-order valence-corrected chi connectivity index (χ3v) is 6.76. The zero-order valence-electron chi connectivity index (χ0n) is 19.8. The molecule has 2 aromatic carbocycles. The molecule has 35 heavy (non-hydrogen) atoms. The van der Waals surface area contributed by atoms with Crippen LogP contribution < -0.4 is 24.8 Å². The van der Waals surface area contributed by atoms with Gasteiger partial charge in [-0.1, -0.05) is 31.0 Å². The SMILES string of the molecule is COc1cccc(C(=O)N[C@H]2CCCC[C@H]2NC(=O)c2csc(COc3ccccc3OC)n2)c1. The van der Waals surface area contributed by atoms with Crippen molar-refractivity contribution in [3.05, 3.63) is 70.2 Å². The predicted molar refractivity (Wildman–Crippen MR) is 133 cm³/mol. The molecule has 2 amide bonds.